The van der Waals surface area contributed by atoms with Gasteiger partial charge in [0, 0.05) is 36.8 Å². The van der Waals surface area contributed by atoms with Crippen LogP contribution in [-0.2, 0) is 19.4 Å². The highest BCUT2D eigenvalue weighted by atomic mass is 16.3. The molecule has 6 nitrogen and oxygen atoms in total. The first-order valence-corrected chi connectivity index (χ1v) is 9.37. The second-order valence-corrected chi connectivity index (χ2v) is 7.67. The molecule has 0 unspecified atom stereocenters. The van der Waals surface area contributed by atoms with E-state index in [1.54, 1.807) is 0 Å². The first-order chi connectivity index (χ1) is 12.6. The normalized spacial score (nSPS) is 23.8. The van der Waals surface area contributed by atoms with Crippen LogP contribution in [0, 0.1) is 5.92 Å². The Kier molecular flexibility index (Phi) is 4.78. The number of rotatable bonds is 5. The molecule has 0 saturated heterocycles. The molecule has 1 aromatic carbocycles. The van der Waals surface area contributed by atoms with E-state index >= 15 is 0 Å². The Morgan fingerprint density at radius 1 is 1.38 bits per heavy atom. The Morgan fingerprint density at radius 2 is 2.15 bits per heavy atom. The summed E-state index contributed by atoms with van der Waals surface area (Å²) in [4.78, 5) is 15.1. The van der Waals surface area contributed by atoms with Gasteiger partial charge >= 0.3 is 0 Å². The highest BCUT2D eigenvalue weighted by Crippen LogP contribution is 2.32. The fraction of sp³-hybridized carbons (Fsp3) is 0.500. The van der Waals surface area contributed by atoms with Gasteiger partial charge < -0.3 is 15.3 Å². The molecule has 1 atom stereocenters. The van der Waals surface area contributed by atoms with Crippen LogP contribution in [-0.4, -0.2) is 51.8 Å². The van der Waals surface area contributed by atoms with E-state index in [2.05, 4.69) is 39.6 Å². The van der Waals surface area contributed by atoms with E-state index in [0.29, 0.717) is 11.6 Å². The standard InChI is InChI=1S/C20H26N4O2/c1-24-8-7-17-16(12-24)19(23-22-17)20(26)21-18(14-10-15(25)11-14)9-13-5-3-2-4-6-13/h2-6,14-15,18,25H,7-12H2,1H3,(H,21,26)(H,22,23)/t14?,15?,18-/m1/s1. The molecule has 26 heavy (non-hydrogen) atoms. The number of likely N-dealkylation sites (N-methyl/N-ethyl adjacent to an activating group) is 1. The van der Waals surface area contributed by atoms with Gasteiger partial charge in [0.2, 0.25) is 0 Å². The zero-order valence-corrected chi connectivity index (χ0v) is 15.1. The summed E-state index contributed by atoms with van der Waals surface area (Å²) in [6.45, 7) is 1.73. The van der Waals surface area contributed by atoms with E-state index in [0.717, 1.165) is 50.0 Å². The number of aromatic amines is 1. The van der Waals surface area contributed by atoms with E-state index in [-0.39, 0.29) is 18.1 Å². The molecule has 2 heterocycles. The van der Waals surface area contributed by atoms with Gasteiger partial charge in [-0.15, -0.1) is 0 Å². The van der Waals surface area contributed by atoms with Crippen molar-refractivity contribution in [3.63, 3.8) is 0 Å². The lowest BCUT2D eigenvalue weighted by Gasteiger charge is -2.38. The van der Waals surface area contributed by atoms with E-state index < -0.39 is 0 Å². The van der Waals surface area contributed by atoms with Crippen LogP contribution in [0.4, 0.5) is 0 Å². The van der Waals surface area contributed by atoms with Crippen LogP contribution in [0.25, 0.3) is 0 Å². The molecule has 6 heteroatoms. The molecule has 1 aliphatic heterocycles. The van der Waals surface area contributed by atoms with Crippen LogP contribution in [0.1, 0.15) is 40.2 Å². The number of nitrogens with zero attached hydrogens (tertiary/aromatic N) is 2. The number of H-pyrrole nitrogens is 1. The van der Waals surface area contributed by atoms with Crippen molar-refractivity contribution in [2.24, 2.45) is 5.92 Å². The minimum Gasteiger partial charge on any atom is -0.393 e. The smallest absolute Gasteiger partial charge is 0.272 e. The van der Waals surface area contributed by atoms with Crippen LogP contribution in [0.5, 0.6) is 0 Å². The summed E-state index contributed by atoms with van der Waals surface area (Å²) in [6, 6.07) is 10.2. The zero-order chi connectivity index (χ0) is 18.1. The SMILES string of the molecule is CN1CCc2[nH]nc(C(=O)N[C@H](Cc3ccccc3)C3CC(O)C3)c2C1. The number of hydrogen-bond acceptors (Lipinski definition) is 4. The van der Waals surface area contributed by atoms with Crippen LogP contribution in [0.3, 0.4) is 0 Å². The maximum atomic E-state index is 12.9. The van der Waals surface area contributed by atoms with Gasteiger partial charge in [0.15, 0.2) is 5.69 Å². The second-order valence-electron chi connectivity index (χ2n) is 7.67. The second kappa shape index (κ2) is 7.21. The molecular formula is C20H26N4O2. The molecule has 138 valence electrons. The Hall–Kier alpha value is -2.18. The van der Waals surface area contributed by atoms with Gasteiger partial charge in [0.05, 0.1) is 6.10 Å². The van der Waals surface area contributed by atoms with Gasteiger partial charge in [-0.1, -0.05) is 30.3 Å². The maximum Gasteiger partial charge on any atom is 0.272 e. The lowest BCUT2D eigenvalue weighted by Crippen LogP contribution is -2.48. The molecule has 1 aromatic heterocycles. The van der Waals surface area contributed by atoms with Crippen molar-refractivity contribution in [2.45, 2.75) is 44.4 Å². The fourth-order valence-corrected chi connectivity index (χ4v) is 4.02. The monoisotopic (exact) mass is 354 g/mol. The summed E-state index contributed by atoms with van der Waals surface area (Å²) in [5.41, 5.74) is 3.81. The number of nitrogens with one attached hydrogen (secondary N) is 2. The van der Waals surface area contributed by atoms with Crippen LogP contribution in [0.2, 0.25) is 0 Å². The molecule has 2 aliphatic rings. The summed E-state index contributed by atoms with van der Waals surface area (Å²) < 4.78 is 0. The Morgan fingerprint density at radius 3 is 2.88 bits per heavy atom. The minimum atomic E-state index is -0.234. The summed E-state index contributed by atoms with van der Waals surface area (Å²) in [5, 5.41) is 20.2. The molecule has 4 rings (SSSR count). The summed E-state index contributed by atoms with van der Waals surface area (Å²) in [7, 11) is 2.06. The number of amides is 1. The van der Waals surface area contributed by atoms with Crippen LogP contribution < -0.4 is 5.32 Å². The molecule has 1 saturated carbocycles. The van der Waals surface area contributed by atoms with Crippen molar-refractivity contribution < 1.29 is 9.90 Å². The molecule has 3 N–H and O–H groups in total. The third-order valence-electron chi connectivity index (χ3n) is 5.67. The first kappa shape index (κ1) is 17.2. The van der Waals surface area contributed by atoms with Gasteiger partial charge in [-0.05, 0) is 37.8 Å². The minimum absolute atomic E-state index is 0.0157. The van der Waals surface area contributed by atoms with Crippen molar-refractivity contribution >= 4 is 5.91 Å². The van der Waals surface area contributed by atoms with E-state index in [9.17, 15) is 9.90 Å². The Bertz CT molecular complexity index is 767. The molecule has 0 bridgehead atoms. The molecule has 1 aliphatic carbocycles. The summed E-state index contributed by atoms with van der Waals surface area (Å²) in [6.07, 6.45) is 2.94. The Balaban J connectivity index is 1.50. The third-order valence-corrected chi connectivity index (χ3v) is 5.67. The van der Waals surface area contributed by atoms with Crippen molar-refractivity contribution in [3.8, 4) is 0 Å². The summed E-state index contributed by atoms with van der Waals surface area (Å²) in [5.74, 6) is 0.201. The number of carbonyl (C=O) groups excluding carboxylic acids is 1. The predicted molar refractivity (Wildman–Crippen MR) is 98.8 cm³/mol. The maximum absolute atomic E-state index is 12.9. The van der Waals surface area contributed by atoms with Crippen molar-refractivity contribution in [1.82, 2.24) is 20.4 Å². The predicted octanol–water partition coefficient (Wildman–Crippen LogP) is 1.51. The fourth-order valence-electron chi connectivity index (χ4n) is 4.02. The number of hydrogen-bond donors (Lipinski definition) is 3. The van der Waals surface area contributed by atoms with Gasteiger partial charge in [0.1, 0.15) is 0 Å². The number of aliphatic hydroxyl groups excluding tert-OH is 1. The molecule has 0 spiro atoms. The van der Waals surface area contributed by atoms with Crippen molar-refractivity contribution in [3.05, 3.63) is 52.8 Å². The average molecular weight is 354 g/mol. The number of aromatic nitrogens is 2. The molecule has 0 radical (unpaired) electrons. The topological polar surface area (TPSA) is 81.2 Å². The molecule has 2 aromatic rings. The Labute approximate surface area is 153 Å². The van der Waals surface area contributed by atoms with Crippen molar-refractivity contribution in [2.75, 3.05) is 13.6 Å². The number of fused-ring (bicyclic) bond motifs is 1. The first-order valence-electron chi connectivity index (χ1n) is 9.37. The molecule has 1 amide bonds. The number of carbonyl (C=O) groups is 1. The van der Waals surface area contributed by atoms with Gasteiger partial charge in [0.25, 0.3) is 5.91 Å². The highest BCUT2D eigenvalue weighted by molar-refractivity contribution is 5.94. The van der Waals surface area contributed by atoms with E-state index in [1.165, 1.54) is 5.56 Å². The number of aliphatic hydroxyl groups is 1. The van der Waals surface area contributed by atoms with Crippen LogP contribution >= 0.6 is 0 Å². The third kappa shape index (κ3) is 3.52. The molecule has 1 fully saturated rings. The van der Waals surface area contributed by atoms with E-state index in [1.807, 2.05) is 18.2 Å². The lowest BCUT2D eigenvalue weighted by molar-refractivity contribution is 0.0238. The van der Waals surface area contributed by atoms with E-state index in [4.69, 9.17) is 0 Å². The number of benzene rings is 1. The zero-order valence-electron chi connectivity index (χ0n) is 15.1. The van der Waals surface area contributed by atoms with Gasteiger partial charge in [-0.3, -0.25) is 9.89 Å². The van der Waals surface area contributed by atoms with Crippen LogP contribution in [0.15, 0.2) is 30.3 Å². The quantitative estimate of drug-likeness (QED) is 0.760. The lowest BCUT2D eigenvalue weighted by atomic mass is 9.75. The van der Waals surface area contributed by atoms with Crippen molar-refractivity contribution in [1.29, 1.82) is 0 Å². The van der Waals surface area contributed by atoms with Gasteiger partial charge in [-0.2, -0.15) is 5.10 Å². The average Bonchev–Trinajstić information content (AvgIpc) is 3.02. The molecular weight excluding hydrogens is 328 g/mol. The largest absolute Gasteiger partial charge is 0.393 e. The summed E-state index contributed by atoms with van der Waals surface area (Å²) >= 11 is 0. The highest BCUT2D eigenvalue weighted by Gasteiger charge is 2.35. The van der Waals surface area contributed by atoms with Gasteiger partial charge in [-0.25, -0.2) is 0 Å².